The highest BCUT2D eigenvalue weighted by molar-refractivity contribution is 14.1. The van der Waals surface area contributed by atoms with Crippen molar-refractivity contribution < 1.29 is 14.3 Å². The smallest absolute Gasteiger partial charge is 0.195 e. The van der Waals surface area contributed by atoms with E-state index in [4.69, 9.17) is 9.47 Å². The molecule has 0 atom stereocenters. The number of carbonyl (C=O) groups is 1. The van der Waals surface area contributed by atoms with E-state index in [1.54, 1.807) is 0 Å². The third-order valence-corrected chi connectivity index (χ3v) is 6.74. The number of morpholine rings is 1. The highest BCUT2D eigenvalue weighted by Crippen LogP contribution is 2.31. The minimum atomic E-state index is 0.0376. The Hall–Kier alpha value is -1.17. The fraction of sp³-hybridized carbons (Fsp3) is 0.318. The molecule has 2 aromatic carbocycles. The fourth-order valence-electron chi connectivity index (χ4n) is 3.64. The number of halogens is 2. The molecule has 1 fully saturated rings. The van der Waals surface area contributed by atoms with Gasteiger partial charge in [-0.1, -0.05) is 18.2 Å². The Balaban J connectivity index is 1.53. The topological polar surface area (TPSA) is 54.6 Å². The standard InChI is InChI=1S/C22H22I2N2O3/c1-14-20(16-4-2-3-5-19(16)25-14)21(27)15-12-17(23)22(18(24)13-15)29-11-8-26-6-9-28-10-7-26/h2-5,12-13,25H,6-11H2,1H3. The first-order chi connectivity index (χ1) is 14.0. The molecule has 3 aromatic rings. The third kappa shape index (κ3) is 4.62. The summed E-state index contributed by atoms with van der Waals surface area (Å²) in [5, 5.41) is 0.964. The van der Waals surface area contributed by atoms with Crippen molar-refractivity contribution in [2.75, 3.05) is 39.5 Å². The summed E-state index contributed by atoms with van der Waals surface area (Å²) >= 11 is 4.52. The molecule has 1 aliphatic heterocycles. The zero-order valence-corrected chi connectivity index (χ0v) is 20.4. The second kappa shape index (κ2) is 9.32. The number of aromatic amines is 1. The number of ketones is 1. The molecule has 29 heavy (non-hydrogen) atoms. The van der Waals surface area contributed by atoms with E-state index < -0.39 is 0 Å². The van der Waals surface area contributed by atoms with Gasteiger partial charge in [0.1, 0.15) is 12.4 Å². The summed E-state index contributed by atoms with van der Waals surface area (Å²) in [4.78, 5) is 19.0. The molecule has 0 spiro atoms. The second-order valence-corrected chi connectivity index (χ2v) is 9.40. The minimum Gasteiger partial charge on any atom is -0.490 e. The molecule has 1 aromatic heterocycles. The van der Waals surface area contributed by atoms with Crippen LogP contribution in [0.15, 0.2) is 36.4 Å². The molecule has 5 nitrogen and oxygen atoms in total. The van der Waals surface area contributed by atoms with Crippen LogP contribution >= 0.6 is 45.2 Å². The van der Waals surface area contributed by atoms with Gasteiger partial charge >= 0.3 is 0 Å². The molecular formula is C22H22I2N2O3. The van der Waals surface area contributed by atoms with Gasteiger partial charge in [0.15, 0.2) is 5.78 Å². The van der Waals surface area contributed by atoms with Gasteiger partial charge in [-0.2, -0.15) is 0 Å². The zero-order chi connectivity index (χ0) is 20.4. The number of carbonyl (C=O) groups excluding carboxylic acids is 1. The largest absolute Gasteiger partial charge is 0.490 e. The number of rotatable bonds is 6. The Labute approximate surface area is 197 Å². The molecule has 0 amide bonds. The lowest BCUT2D eigenvalue weighted by atomic mass is 10.0. The number of para-hydroxylation sites is 1. The van der Waals surface area contributed by atoms with E-state index in [1.807, 2.05) is 43.3 Å². The molecule has 152 valence electrons. The first-order valence-electron chi connectivity index (χ1n) is 9.58. The number of hydrogen-bond acceptors (Lipinski definition) is 4. The maximum Gasteiger partial charge on any atom is 0.195 e. The first-order valence-corrected chi connectivity index (χ1v) is 11.7. The van der Waals surface area contributed by atoms with E-state index in [0.29, 0.717) is 12.2 Å². The fourth-order valence-corrected chi connectivity index (χ4v) is 5.72. The lowest BCUT2D eigenvalue weighted by molar-refractivity contribution is 0.0321. The average molecular weight is 616 g/mol. The van der Waals surface area contributed by atoms with Crippen molar-refractivity contribution in [1.29, 1.82) is 0 Å². The number of nitrogens with zero attached hydrogens (tertiary/aromatic N) is 1. The van der Waals surface area contributed by atoms with E-state index >= 15 is 0 Å². The Kier molecular flexibility index (Phi) is 6.77. The van der Waals surface area contributed by atoms with Crippen molar-refractivity contribution >= 4 is 61.9 Å². The van der Waals surface area contributed by atoms with Crippen LogP contribution in [-0.4, -0.2) is 55.1 Å². The molecule has 0 aliphatic carbocycles. The van der Waals surface area contributed by atoms with Gasteiger partial charge < -0.3 is 14.5 Å². The van der Waals surface area contributed by atoms with Crippen molar-refractivity contribution in [3.63, 3.8) is 0 Å². The molecule has 1 saturated heterocycles. The molecule has 0 saturated carbocycles. The number of hydrogen-bond donors (Lipinski definition) is 1. The van der Waals surface area contributed by atoms with Gasteiger partial charge in [0.25, 0.3) is 0 Å². The molecule has 0 bridgehead atoms. The lowest BCUT2D eigenvalue weighted by Gasteiger charge is -2.26. The first kappa shape index (κ1) is 21.1. The van der Waals surface area contributed by atoms with Crippen LogP contribution in [-0.2, 0) is 4.74 Å². The van der Waals surface area contributed by atoms with Crippen molar-refractivity contribution in [3.05, 3.63) is 60.4 Å². The molecular weight excluding hydrogens is 594 g/mol. The van der Waals surface area contributed by atoms with Crippen LogP contribution in [0, 0.1) is 14.1 Å². The lowest BCUT2D eigenvalue weighted by Crippen LogP contribution is -2.38. The number of nitrogens with one attached hydrogen (secondary N) is 1. The van der Waals surface area contributed by atoms with Crippen LogP contribution in [0.4, 0.5) is 0 Å². The Bertz CT molecular complexity index is 1020. The van der Waals surface area contributed by atoms with Gasteiger partial charge in [-0.3, -0.25) is 9.69 Å². The molecule has 0 unspecified atom stereocenters. The Morgan fingerprint density at radius 1 is 1.17 bits per heavy atom. The molecule has 7 heteroatoms. The van der Waals surface area contributed by atoms with Gasteiger partial charge in [-0.25, -0.2) is 0 Å². The number of aryl methyl sites for hydroxylation is 1. The molecule has 0 radical (unpaired) electrons. The van der Waals surface area contributed by atoms with Gasteiger partial charge in [0, 0.05) is 41.8 Å². The predicted molar refractivity (Wildman–Crippen MR) is 131 cm³/mol. The average Bonchev–Trinajstić information content (AvgIpc) is 3.05. The van der Waals surface area contributed by atoms with Crippen LogP contribution in [0.1, 0.15) is 21.6 Å². The van der Waals surface area contributed by atoms with Crippen LogP contribution in [0.3, 0.4) is 0 Å². The van der Waals surface area contributed by atoms with Crippen molar-refractivity contribution in [3.8, 4) is 5.75 Å². The van der Waals surface area contributed by atoms with Gasteiger partial charge in [-0.05, 0) is 70.3 Å². The van der Waals surface area contributed by atoms with E-state index in [1.165, 1.54) is 0 Å². The normalized spacial score (nSPS) is 15.0. The van der Waals surface area contributed by atoms with E-state index in [-0.39, 0.29) is 5.78 Å². The molecule has 1 N–H and O–H groups in total. The van der Waals surface area contributed by atoms with Crippen LogP contribution < -0.4 is 4.74 Å². The summed E-state index contributed by atoms with van der Waals surface area (Å²) in [6.45, 7) is 6.94. The number of H-pyrrole nitrogens is 1. The van der Waals surface area contributed by atoms with Crippen LogP contribution in [0.5, 0.6) is 5.75 Å². The highest BCUT2D eigenvalue weighted by atomic mass is 127. The van der Waals surface area contributed by atoms with Crippen molar-refractivity contribution in [1.82, 2.24) is 9.88 Å². The van der Waals surface area contributed by atoms with Crippen molar-refractivity contribution in [2.24, 2.45) is 0 Å². The Morgan fingerprint density at radius 3 is 2.59 bits per heavy atom. The summed E-state index contributed by atoms with van der Waals surface area (Å²) in [7, 11) is 0. The quantitative estimate of drug-likeness (QED) is 0.325. The van der Waals surface area contributed by atoms with E-state index in [0.717, 1.165) is 67.9 Å². The zero-order valence-electron chi connectivity index (χ0n) is 16.1. The van der Waals surface area contributed by atoms with Gasteiger partial charge in [-0.15, -0.1) is 0 Å². The molecule has 1 aliphatic rings. The van der Waals surface area contributed by atoms with E-state index in [9.17, 15) is 4.79 Å². The van der Waals surface area contributed by atoms with Crippen LogP contribution in [0.25, 0.3) is 10.9 Å². The maximum absolute atomic E-state index is 13.3. The van der Waals surface area contributed by atoms with E-state index in [2.05, 4.69) is 55.1 Å². The predicted octanol–water partition coefficient (Wildman–Crippen LogP) is 4.63. The highest BCUT2D eigenvalue weighted by Gasteiger charge is 2.20. The number of benzene rings is 2. The number of fused-ring (bicyclic) bond motifs is 1. The van der Waals surface area contributed by atoms with Crippen molar-refractivity contribution in [2.45, 2.75) is 6.92 Å². The number of aromatic nitrogens is 1. The summed E-state index contributed by atoms with van der Waals surface area (Å²) in [6.07, 6.45) is 0. The summed E-state index contributed by atoms with van der Waals surface area (Å²) < 4.78 is 13.4. The summed E-state index contributed by atoms with van der Waals surface area (Å²) in [5.41, 5.74) is 3.31. The third-order valence-electron chi connectivity index (χ3n) is 5.14. The second-order valence-electron chi connectivity index (χ2n) is 7.07. The summed E-state index contributed by atoms with van der Waals surface area (Å²) in [5.74, 6) is 0.891. The maximum atomic E-state index is 13.3. The minimum absolute atomic E-state index is 0.0376. The van der Waals surface area contributed by atoms with Crippen LogP contribution in [0.2, 0.25) is 0 Å². The molecule has 2 heterocycles. The van der Waals surface area contributed by atoms with Gasteiger partial charge in [0.2, 0.25) is 0 Å². The van der Waals surface area contributed by atoms with Gasteiger partial charge in [0.05, 0.1) is 25.9 Å². The monoisotopic (exact) mass is 616 g/mol. The number of ether oxygens (including phenoxy) is 2. The molecule has 4 rings (SSSR count). The SMILES string of the molecule is Cc1[nH]c2ccccc2c1C(=O)c1cc(I)c(OCCN2CCOCC2)c(I)c1. The summed E-state index contributed by atoms with van der Waals surface area (Å²) in [6, 6.07) is 11.8. The Morgan fingerprint density at radius 2 is 1.86 bits per heavy atom.